The Labute approximate surface area is 74.2 Å². The summed E-state index contributed by atoms with van der Waals surface area (Å²) in [5.74, 6) is 0. The topological polar surface area (TPSA) is 44.5 Å². The summed E-state index contributed by atoms with van der Waals surface area (Å²) >= 11 is 0. The van der Waals surface area contributed by atoms with Crippen molar-refractivity contribution in [1.82, 2.24) is 0 Å². The van der Waals surface area contributed by atoms with E-state index in [9.17, 15) is 0 Å². The number of nitrogens with two attached hydrogens (primary N) is 1. The molecule has 3 nitrogen and oxygen atoms in total. The monoisotopic (exact) mass is 173 g/mol. The fourth-order valence-electron chi connectivity index (χ4n) is 1.77. The minimum absolute atomic E-state index is 0.0609. The van der Waals surface area contributed by atoms with E-state index >= 15 is 0 Å². The van der Waals surface area contributed by atoms with Gasteiger partial charge in [-0.2, -0.15) is 0 Å². The van der Waals surface area contributed by atoms with Crippen LogP contribution in [0, 0.1) is 0 Å². The fourth-order valence-corrected chi connectivity index (χ4v) is 1.77. The van der Waals surface area contributed by atoms with E-state index in [0.29, 0.717) is 12.6 Å². The average molecular weight is 173 g/mol. The minimum Gasteiger partial charge on any atom is -0.378 e. The third-order valence-electron chi connectivity index (χ3n) is 2.42. The molecule has 12 heavy (non-hydrogen) atoms. The summed E-state index contributed by atoms with van der Waals surface area (Å²) < 4.78 is 11.0. The SMILES string of the molecule is CCOC1CC(CN)(OCC)C1. The molecule has 0 aromatic heterocycles. The first-order chi connectivity index (χ1) is 5.76. The number of rotatable bonds is 5. The van der Waals surface area contributed by atoms with Crippen molar-refractivity contribution in [2.45, 2.75) is 38.4 Å². The summed E-state index contributed by atoms with van der Waals surface area (Å²) in [4.78, 5) is 0. The lowest BCUT2D eigenvalue weighted by Gasteiger charge is -2.46. The summed E-state index contributed by atoms with van der Waals surface area (Å²) in [5.41, 5.74) is 5.57. The molecule has 1 rings (SSSR count). The molecule has 0 spiro atoms. The maximum absolute atomic E-state index is 5.63. The van der Waals surface area contributed by atoms with Crippen LogP contribution in [-0.2, 0) is 9.47 Å². The molecule has 0 unspecified atom stereocenters. The molecule has 0 bridgehead atoms. The Balaban J connectivity index is 2.25. The normalized spacial score (nSPS) is 34.8. The van der Waals surface area contributed by atoms with Crippen molar-refractivity contribution in [3.8, 4) is 0 Å². The highest BCUT2D eigenvalue weighted by atomic mass is 16.5. The first-order valence-electron chi connectivity index (χ1n) is 4.72. The lowest BCUT2D eigenvalue weighted by molar-refractivity contribution is -0.162. The Bertz CT molecular complexity index is 132. The average Bonchev–Trinajstić information content (AvgIpc) is 2.01. The Kier molecular flexibility index (Phi) is 3.50. The summed E-state index contributed by atoms with van der Waals surface area (Å²) in [6.45, 7) is 6.17. The maximum atomic E-state index is 5.63. The summed E-state index contributed by atoms with van der Waals surface area (Å²) in [5, 5.41) is 0. The van der Waals surface area contributed by atoms with Crippen molar-refractivity contribution in [2.24, 2.45) is 5.73 Å². The lowest BCUT2D eigenvalue weighted by atomic mass is 9.77. The van der Waals surface area contributed by atoms with Crippen LogP contribution in [0.15, 0.2) is 0 Å². The summed E-state index contributed by atoms with van der Waals surface area (Å²) in [7, 11) is 0. The highest BCUT2D eigenvalue weighted by Crippen LogP contribution is 2.36. The molecular weight excluding hydrogens is 154 g/mol. The molecule has 0 heterocycles. The van der Waals surface area contributed by atoms with Gasteiger partial charge >= 0.3 is 0 Å². The van der Waals surface area contributed by atoms with Crippen LogP contribution in [0.5, 0.6) is 0 Å². The molecular formula is C9H19NO2. The molecule has 0 aromatic carbocycles. The van der Waals surface area contributed by atoms with Gasteiger partial charge in [-0.15, -0.1) is 0 Å². The zero-order chi connectivity index (χ0) is 9.03. The van der Waals surface area contributed by atoms with E-state index in [-0.39, 0.29) is 5.60 Å². The smallest absolute Gasteiger partial charge is 0.0853 e. The molecule has 1 fully saturated rings. The van der Waals surface area contributed by atoms with Crippen molar-refractivity contribution >= 4 is 0 Å². The molecule has 2 N–H and O–H groups in total. The van der Waals surface area contributed by atoms with E-state index in [4.69, 9.17) is 15.2 Å². The van der Waals surface area contributed by atoms with Gasteiger partial charge < -0.3 is 15.2 Å². The van der Waals surface area contributed by atoms with E-state index in [0.717, 1.165) is 26.1 Å². The Morgan fingerprint density at radius 3 is 2.42 bits per heavy atom. The van der Waals surface area contributed by atoms with Crippen LogP contribution in [-0.4, -0.2) is 31.5 Å². The number of hydrogen-bond donors (Lipinski definition) is 1. The van der Waals surface area contributed by atoms with Gasteiger partial charge in [-0.05, 0) is 13.8 Å². The van der Waals surface area contributed by atoms with Gasteiger partial charge in [0.25, 0.3) is 0 Å². The highest BCUT2D eigenvalue weighted by molar-refractivity contribution is 4.97. The van der Waals surface area contributed by atoms with Crippen LogP contribution in [0.3, 0.4) is 0 Å². The molecule has 1 aliphatic carbocycles. The zero-order valence-electron chi connectivity index (χ0n) is 8.01. The van der Waals surface area contributed by atoms with Crippen LogP contribution in [0.4, 0.5) is 0 Å². The van der Waals surface area contributed by atoms with Crippen molar-refractivity contribution in [2.75, 3.05) is 19.8 Å². The lowest BCUT2D eigenvalue weighted by Crippen LogP contribution is -2.55. The van der Waals surface area contributed by atoms with Gasteiger partial charge in [-0.25, -0.2) is 0 Å². The fraction of sp³-hybridized carbons (Fsp3) is 1.00. The minimum atomic E-state index is -0.0609. The van der Waals surface area contributed by atoms with Gasteiger partial charge in [0, 0.05) is 32.6 Å². The third kappa shape index (κ3) is 1.97. The van der Waals surface area contributed by atoms with Crippen LogP contribution in [0.2, 0.25) is 0 Å². The zero-order valence-corrected chi connectivity index (χ0v) is 8.01. The summed E-state index contributed by atoms with van der Waals surface area (Å²) in [6.07, 6.45) is 2.31. The maximum Gasteiger partial charge on any atom is 0.0853 e. The first-order valence-corrected chi connectivity index (χ1v) is 4.72. The quantitative estimate of drug-likeness (QED) is 0.672. The third-order valence-corrected chi connectivity index (χ3v) is 2.42. The van der Waals surface area contributed by atoms with E-state index in [1.54, 1.807) is 0 Å². The molecule has 0 aromatic rings. The molecule has 72 valence electrons. The van der Waals surface area contributed by atoms with E-state index < -0.39 is 0 Å². The van der Waals surface area contributed by atoms with E-state index in [1.165, 1.54) is 0 Å². The van der Waals surface area contributed by atoms with Crippen LogP contribution in [0.25, 0.3) is 0 Å². The van der Waals surface area contributed by atoms with Gasteiger partial charge in [0.05, 0.1) is 11.7 Å². The summed E-state index contributed by atoms with van der Waals surface area (Å²) in [6, 6.07) is 0. The van der Waals surface area contributed by atoms with Crippen LogP contribution >= 0.6 is 0 Å². The second-order valence-corrected chi connectivity index (χ2v) is 3.31. The molecule has 0 atom stereocenters. The Morgan fingerprint density at radius 2 is 2.00 bits per heavy atom. The number of hydrogen-bond acceptors (Lipinski definition) is 3. The predicted octanol–water partition coefficient (Wildman–Crippen LogP) is 0.919. The van der Waals surface area contributed by atoms with Crippen LogP contribution < -0.4 is 5.73 Å². The Hall–Kier alpha value is -0.120. The van der Waals surface area contributed by atoms with Crippen molar-refractivity contribution in [3.63, 3.8) is 0 Å². The second-order valence-electron chi connectivity index (χ2n) is 3.31. The van der Waals surface area contributed by atoms with Gasteiger partial charge in [0.15, 0.2) is 0 Å². The standard InChI is InChI=1S/C9H19NO2/c1-3-11-8-5-9(6-8,7-10)12-4-2/h8H,3-7,10H2,1-2H3. The molecule has 0 aliphatic heterocycles. The van der Waals surface area contributed by atoms with Gasteiger partial charge in [-0.3, -0.25) is 0 Å². The van der Waals surface area contributed by atoms with Crippen molar-refractivity contribution in [3.05, 3.63) is 0 Å². The molecule has 1 saturated carbocycles. The molecule has 0 saturated heterocycles. The van der Waals surface area contributed by atoms with Crippen LogP contribution in [0.1, 0.15) is 26.7 Å². The predicted molar refractivity (Wildman–Crippen MR) is 48.1 cm³/mol. The van der Waals surface area contributed by atoms with Gasteiger partial charge in [0.2, 0.25) is 0 Å². The largest absolute Gasteiger partial charge is 0.378 e. The van der Waals surface area contributed by atoms with Crippen molar-refractivity contribution < 1.29 is 9.47 Å². The number of ether oxygens (including phenoxy) is 2. The molecule has 0 radical (unpaired) electrons. The van der Waals surface area contributed by atoms with E-state index in [2.05, 4.69) is 0 Å². The van der Waals surface area contributed by atoms with Gasteiger partial charge in [-0.1, -0.05) is 0 Å². The van der Waals surface area contributed by atoms with Gasteiger partial charge in [0.1, 0.15) is 0 Å². The van der Waals surface area contributed by atoms with Crippen molar-refractivity contribution in [1.29, 1.82) is 0 Å². The van der Waals surface area contributed by atoms with E-state index in [1.807, 2.05) is 13.8 Å². The molecule has 0 amide bonds. The highest BCUT2D eigenvalue weighted by Gasteiger charge is 2.44. The molecule has 1 aliphatic rings. The Morgan fingerprint density at radius 1 is 1.33 bits per heavy atom. The second kappa shape index (κ2) is 4.21. The molecule has 3 heteroatoms. The first kappa shape index (κ1) is 9.96.